The molecule has 0 saturated carbocycles. The van der Waals surface area contributed by atoms with E-state index in [9.17, 15) is 9.59 Å². The number of nitrogens with one attached hydrogen (secondary N) is 1. The third-order valence-corrected chi connectivity index (χ3v) is 5.78. The van der Waals surface area contributed by atoms with Crippen LogP contribution in [0.2, 0.25) is 10.0 Å². The summed E-state index contributed by atoms with van der Waals surface area (Å²) in [5.74, 6) is 0.399. The number of carbonyl (C=O) groups is 2. The molecule has 0 unspecified atom stereocenters. The minimum atomic E-state index is -0.568. The lowest BCUT2D eigenvalue weighted by molar-refractivity contribution is -0.140. The Bertz CT molecular complexity index is 811. The number of halogens is 2. The highest BCUT2D eigenvalue weighted by Gasteiger charge is 2.26. The molecule has 0 fully saturated rings. The van der Waals surface area contributed by atoms with E-state index >= 15 is 0 Å². The van der Waals surface area contributed by atoms with Crippen LogP contribution >= 0.6 is 35.0 Å². The Labute approximate surface area is 187 Å². The van der Waals surface area contributed by atoms with Crippen LogP contribution < -0.4 is 5.32 Å². The molecule has 7 heteroatoms. The molecule has 2 aromatic rings. The van der Waals surface area contributed by atoms with Crippen molar-refractivity contribution in [3.8, 4) is 0 Å². The first kappa shape index (κ1) is 23.6. The van der Waals surface area contributed by atoms with Gasteiger partial charge in [-0.25, -0.2) is 0 Å². The highest BCUT2D eigenvalue weighted by atomic mass is 35.5. The fourth-order valence-corrected chi connectivity index (χ4v) is 3.80. The quantitative estimate of drug-likeness (QED) is 0.516. The molecule has 1 atom stereocenters. The van der Waals surface area contributed by atoms with Crippen LogP contribution in [0.5, 0.6) is 0 Å². The number of carbonyl (C=O) groups excluding carboxylic acids is 2. The van der Waals surface area contributed by atoms with Crippen molar-refractivity contribution < 1.29 is 9.59 Å². The van der Waals surface area contributed by atoms with Gasteiger partial charge in [-0.1, -0.05) is 35.3 Å². The molecule has 0 spiro atoms. The lowest BCUT2D eigenvalue weighted by atomic mass is 10.1. The molecule has 156 valence electrons. The largest absolute Gasteiger partial charge is 0.352 e. The third-order valence-electron chi connectivity index (χ3n) is 4.26. The minimum absolute atomic E-state index is 0.0119. The van der Waals surface area contributed by atoms with E-state index in [4.69, 9.17) is 23.2 Å². The molecule has 0 aliphatic heterocycles. The maximum absolute atomic E-state index is 13.0. The lowest BCUT2D eigenvalue weighted by Crippen LogP contribution is -2.49. The van der Waals surface area contributed by atoms with E-state index < -0.39 is 6.04 Å². The molecule has 0 radical (unpaired) electrons. The SMILES string of the molecule is CC(C)NC(=O)[C@@H](C)N(Cc1ccc(Cl)cc1)C(=O)CCSc1ccc(Cl)cc1. The van der Waals surface area contributed by atoms with Gasteiger partial charge in [0.1, 0.15) is 6.04 Å². The van der Waals surface area contributed by atoms with Crippen molar-refractivity contribution in [2.24, 2.45) is 0 Å². The van der Waals surface area contributed by atoms with Gasteiger partial charge in [0, 0.05) is 39.7 Å². The predicted molar refractivity (Wildman–Crippen MR) is 122 cm³/mol. The first-order valence-electron chi connectivity index (χ1n) is 9.49. The van der Waals surface area contributed by atoms with Crippen molar-refractivity contribution in [2.45, 2.75) is 50.7 Å². The fraction of sp³-hybridized carbons (Fsp3) is 0.364. The summed E-state index contributed by atoms with van der Waals surface area (Å²) in [5.41, 5.74) is 0.928. The van der Waals surface area contributed by atoms with E-state index in [2.05, 4.69) is 5.32 Å². The molecular formula is C22H26Cl2N2O2S. The Hall–Kier alpha value is -1.69. The number of benzene rings is 2. The second kappa shape index (κ2) is 11.5. The van der Waals surface area contributed by atoms with Crippen molar-refractivity contribution in [1.82, 2.24) is 10.2 Å². The highest BCUT2D eigenvalue weighted by molar-refractivity contribution is 7.99. The Morgan fingerprint density at radius 1 is 0.966 bits per heavy atom. The van der Waals surface area contributed by atoms with E-state index in [1.165, 1.54) is 0 Å². The molecule has 0 aromatic heterocycles. The van der Waals surface area contributed by atoms with Gasteiger partial charge in [0.15, 0.2) is 0 Å². The maximum Gasteiger partial charge on any atom is 0.242 e. The molecule has 0 heterocycles. The van der Waals surface area contributed by atoms with Gasteiger partial charge < -0.3 is 10.2 Å². The van der Waals surface area contributed by atoms with Crippen LogP contribution in [0.15, 0.2) is 53.4 Å². The van der Waals surface area contributed by atoms with Crippen molar-refractivity contribution in [1.29, 1.82) is 0 Å². The van der Waals surface area contributed by atoms with Crippen molar-refractivity contribution in [2.75, 3.05) is 5.75 Å². The first-order chi connectivity index (χ1) is 13.8. The van der Waals surface area contributed by atoms with Crippen LogP contribution in [-0.2, 0) is 16.1 Å². The smallest absolute Gasteiger partial charge is 0.242 e. The topological polar surface area (TPSA) is 49.4 Å². The van der Waals surface area contributed by atoms with E-state index in [0.717, 1.165) is 10.5 Å². The van der Waals surface area contributed by atoms with Gasteiger partial charge in [-0.2, -0.15) is 0 Å². The summed E-state index contributed by atoms with van der Waals surface area (Å²) in [7, 11) is 0. The first-order valence-corrected chi connectivity index (χ1v) is 11.2. The lowest BCUT2D eigenvalue weighted by Gasteiger charge is -2.29. The summed E-state index contributed by atoms with van der Waals surface area (Å²) in [4.78, 5) is 28.2. The van der Waals surface area contributed by atoms with Crippen molar-refractivity contribution in [3.05, 3.63) is 64.1 Å². The third kappa shape index (κ3) is 7.92. The minimum Gasteiger partial charge on any atom is -0.352 e. The molecule has 0 aliphatic carbocycles. The molecular weight excluding hydrogens is 427 g/mol. The fourth-order valence-electron chi connectivity index (χ4n) is 2.70. The van der Waals surface area contributed by atoms with E-state index in [-0.39, 0.29) is 17.9 Å². The molecule has 4 nitrogen and oxygen atoms in total. The zero-order valence-electron chi connectivity index (χ0n) is 16.8. The van der Waals surface area contributed by atoms with Gasteiger partial charge in [-0.15, -0.1) is 11.8 Å². The van der Waals surface area contributed by atoms with Crippen LogP contribution in [0.3, 0.4) is 0 Å². The van der Waals surface area contributed by atoms with E-state index in [0.29, 0.717) is 28.8 Å². The van der Waals surface area contributed by atoms with Crippen LogP contribution in [0, 0.1) is 0 Å². The Morgan fingerprint density at radius 3 is 2.07 bits per heavy atom. The number of hydrogen-bond acceptors (Lipinski definition) is 3. The summed E-state index contributed by atoms with van der Waals surface area (Å²) in [6, 6.07) is 14.3. The summed E-state index contributed by atoms with van der Waals surface area (Å²) >= 11 is 13.5. The molecule has 0 aliphatic rings. The van der Waals surface area contributed by atoms with Gasteiger partial charge in [0.2, 0.25) is 11.8 Å². The van der Waals surface area contributed by atoms with Gasteiger partial charge in [0.05, 0.1) is 0 Å². The maximum atomic E-state index is 13.0. The van der Waals surface area contributed by atoms with E-state index in [1.807, 2.05) is 50.2 Å². The molecule has 2 rings (SSSR count). The summed E-state index contributed by atoms with van der Waals surface area (Å²) in [6.45, 7) is 5.92. The van der Waals surface area contributed by atoms with Crippen LogP contribution in [0.25, 0.3) is 0 Å². The Balaban J connectivity index is 2.05. The molecule has 0 bridgehead atoms. The zero-order valence-corrected chi connectivity index (χ0v) is 19.2. The molecule has 29 heavy (non-hydrogen) atoms. The number of nitrogens with zero attached hydrogens (tertiary/aromatic N) is 1. The van der Waals surface area contributed by atoms with Crippen LogP contribution in [0.1, 0.15) is 32.8 Å². The summed E-state index contributed by atoms with van der Waals surface area (Å²) < 4.78 is 0. The standard InChI is InChI=1S/C22H26Cl2N2O2S/c1-15(2)25-22(28)16(3)26(14-17-4-6-18(23)7-5-17)21(27)12-13-29-20-10-8-19(24)9-11-20/h4-11,15-16H,12-14H2,1-3H3,(H,25,28)/t16-/m1/s1. The van der Waals surface area contributed by atoms with E-state index in [1.54, 1.807) is 35.7 Å². The van der Waals surface area contributed by atoms with Crippen molar-refractivity contribution in [3.63, 3.8) is 0 Å². The average Bonchev–Trinajstić information content (AvgIpc) is 2.68. The van der Waals surface area contributed by atoms with Gasteiger partial charge in [0.25, 0.3) is 0 Å². The molecule has 2 amide bonds. The Kier molecular flexibility index (Phi) is 9.34. The summed E-state index contributed by atoms with van der Waals surface area (Å²) in [6.07, 6.45) is 0.334. The molecule has 0 saturated heterocycles. The molecule has 1 N–H and O–H groups in total. The normalized spacial score (nSPS) is 11.9. The van der Waals surface area contributed by atoms with Crippen molar-refractivity contribution >= 4 is 46.8 Å². The van der Waals surface area contributed by atoms with Crippen LogP contribution in [-0.4, -0.2) is 34.6 Å². The van der Waals surface area contributed by atoms with Crippen LogP contribution in [0.4, 0.5) is 0 Å². The zero-order chi connectivity index (χ0) is 21.4. The second-order valence-electron chi connectivity index (χ2n) is 7.04. The molecule has 2 aromatic carbocycles. The average molecular weight is 453 g/mol. The second-order valence-corrected chi connectivity index (χ2v) is 9.08. The van der Waals surface area contributed by atoms with Gasteiger partial charge >= 0.3 is 0 Å². The monoisotopic (exact) mass is 452 g/mol. The van der Waals surface area contributed by atoms with Gasteiger partial charge in [-0.05, 0) is 62.7 Å². The number of thioether (sulfide) groups is 1. The predicted octanol–water partition coefficient (Wildman–Crippen LogP) is 5.42. The highest BCUT2D eigenvalue weighted by Crippen LogP contribution is 2.22. The Morgan fingerprint density at radius 2 is 1.52 bits per heavy atom. The number of amides is 2. The van der Waals surface area contributed by atoms with Gasteiger partial charge in [-0.3, -0.25) is 9.59 Å². The number of rotatable bonds is 9. The summed E-state index contributed by atoms with van der Waals surface area (Å²) in [5, 5.41) is 4.21. The number of hydrogen-bond donors (Lipinski definition) is 1.